The van der Waals surface area contributed by atoms with Gasteiger partial charge in [0.15, 0.2) is 0 Å². The quantitative estimate of drug-likeness (QED) is 0.666. The Labute approximate surface area is 123 Å². The summed E-state index contributed by atoms with van der Waals surface area (Å²) in [5.74, 6) is 2.79. The fourth-order valence-electron chi connectivity index (χ4n) is 2.29. The van der Waals surface area contributed by atoms with Crippen molar-refractivity contribution >= 4 is 11.6 Å². The Morgan fingerprint density at radius 1 is 1.05 bits per heavy atom. The van der Waals surface area contributed by atoms with Gasteiger partial charge in [-0.1, -0.05) is 39.5 Å². The van der Waals surface area contributed by atoms with Crippen LogP contribution in [0.2, 0.25) is 0 Å². The SMILES string of the molecule is CCCCCCC(C)Nc1nc(CC)nc(NC)c1C. The molecule has 0 spiro atoms. The highest BCUT2D eigenvalue weighted by molar-refractivity contribution is 5.57. The topological polar surface area (TPSA) is 49.8 Å². The van der Waals surface area contributed by atoms with E-state index >= 15 is 0 Å². The van der Waals surface area contributed by atoms with Gasteiger partial charge >= 0.3 is 0 Å². The Morgan fingerprint density at radius 2 is 1.75 bits per heavy atom. The third-order valence-electron chi connectivity index (χ3n) is 3.62. The highest BCUT2D eigenvalue weighted by Gasteiger charge is 2.11. The summed E-state index contributed by atoms with van der Waals surface area (Å²) in [6.45, 7) is 8.63. The van der Waals surface area contributed by atoms with E-state index in [1.807, 2.05) is 7.05 Å². The smallest absolute Gasteiger partial charge is 0.134 e. The first-order valence-corrected chi connectivity index (χ1v) is 7.94. The largest absolute Gasteiger partial charge is 0.373 e. The molecule has 0 fully saturated rings. The maximum atomic E-state index is 4.62. The van der Waals surface area contributed by atoms with Crippen molar-refractivity contribution in [2.24, 2.45) is 0 Å². The molecule has 2 N–H and O–H groups in total. The molecule has 1 atom stereocenters. The lowest BCUT2D eigenvalue weighted by Gasteiger charge is -2.18. The minimum atomic E-state index is 0.454. The van der Waals surface area contributed by atoms with Gasteiger partial charge in [0.25, 0.3) is 0 Å². The van der Waals surface area contributed by atoms with Crippen molar-refractivity contribution in [2.75, 3.05) is 17.7 Å². The Kier molecular flexibility index (Phi) is 7.34. The number of nitrogens with zero attached hydrogens (tertiary/aromatic N) is 2. The third-order valence-corrected chi connectivity index (χ3v) is 3.62. The van der Waals surface area contributed by atoms with Crippen molar-refractivity contribution in [3.63, 3.8) is 0 Å². The molecule has 20 heavy (non-hydrogen) atoms. The standard InChI is InChI=1S/C16H30N4/c1-6-8-9-10-11-12(3)18-16-13(4)15(17-5)19-14(7-2)20-16/h12H,6-11H2,1-5H3,(H2,17,18,19,20). The summed E-state index contributed by atoms with van der Waals surface area (Å²) in [6, 6.07) is 0.454. The van der Waals surface area contributed by atoms with Gasteiger partial charge in [0, 0.05) is 25.1 Å². The Balaban J connectivity index is 2.65. The first-order chi connectivity index (χ1) is 9.62. The van der Waals surface area contributed by atoms with E-state index in [2.05, 4.69) is 48.3 Å². The molecule has 1 heterocycles. The van der Waals surface area contributed by atoms with E-state index in [0.29, 0.717) is 6.04 Å². The summed E-state index contributed by atoms with van der Waals surface area (Å²) in [7, 11) is 1.91. The van der Waals surface area contributed by atoms with Gasteiger partial charge in [-0.15, -0.1) is 0 Å². The van der Waals surface area contributed by atoms with E-state index in [0.717, 1.165) is 29.4 Å². The van der Waals surface area contributed by atoms with E-state index in [-0.39, 0.29) is 0 Å². The lowest BCUT2D eigenvalue weighted by Crippen LogP contribution is -2.18. The lowest BCUT2D eigenvalue weighted by atomic mass is 10.1. The fourth-order valence-corrected chi connectivity index (χ4v) is 2.29. The highest BCUT2D eigenvalue weighted by Crippen LogP contribution is 2.21. The first-order valence-electron chi connectivity index (χ1n) is 7.94. The number of aryl methyl sites for hydroxylation is 1. The Hall–Kier alpha value is -1.32. The molecule has 0 aromatic carbocycles. The molecule has 0 saturated carbocycles. The van der Waals surface area contributed by atoms with Crippen LogP contribution in [0.25, 0.3) is 0 Å². The van der Waals surface area contributed by atoms with Crippen LogP contribution in [-0.4, -0.2) is 23.1 Å². The van der Waals surface area contributed by atoms with Crippen LogP contribution in [0, 0.1) is 6.92 Å². The molecule has 1 rings (SSSR count). The molecule has 0 aliphatic carbocycles. The molecule has 0 saturated heterocycles. The zero-order chi connectivity index (χ0) is 15.0. The van der Waals surface area contributed by atoms with Crippen molar-refractivity contribution < 1.29 is 0 Å². The molecule has 4 heteroatoms. The van der Waals surface area contributed by atoms with Crippen molar-refractivity contribution in [3.8, 4) is 0 Å². The summed E-state index contributed by atoms with van der Waals surface area (Å²) in [5.41, 5.74) is 1.10. The van der Waals surface area contributed by atoms with Crippen LogP contribution in [0.1, 0.15) is 64.3 Å². The second kappa shape index (κ2) is 8.77. The van der Waals surface area contributed by atoms with Crippen LogP contribution < -0.4 is 10.6 Å². The monoisotopic (exact) mass is 278 g/mol. The maximum Gasteiger partial charge on any atom is 0.134 e. The van der Waals surface area contributed by atoms with Crippen LogP contribution in [0.15, 0.2) is 0 Å². The van der Waals surface area contributed by atoms with Gasteiger partial charge in [0.1, 0.15) is 17.5 Å². The van der Waals surface area contributed by atoms with E-state index in [1.54, 1.807) is 0 Å². The molecule has 0 aliphatic heterocycles. The van der Waals surface area contributed by atoms with Gasteiger partial charge in [0.2, 0.25) is 0 Å². The molecule has 1 aromatic heterocycles. The van der Waals surface area contributed by atoms with Gasteiger partial charge < -0.3 is 10.6 Å². The number of nitrogens with one attached hydrogen (secondary N) is 2. The molecule has 0 bridgehead atoms. The summed E-state index contributed by atoms with van der Waals surface area (Å²) >= 11 is 0. The minimum Gasteiger partial charge on any atom is -0.373 e. The van der Waals surface area contributed by atoms with E-state index in [1.165, 1.54) is 32.1 Å². The van der Waals surface area contributed by atoms with E-state index in [4.69, 9.17) is 0 Å². The normalized spacial score (nSPS) is 12.2. The summed E-state index contributed by atoms with van der Waals surface area (Å²) in [4.78, 5) is 9.12. The molecule has 4 nitrogen and oxygen atoms in total. The second-order valence-electron chi connectivity index (χ2n) is 5.46. The van der Waals surface area contributed by atoms with Crippen LogP contribution >= 0.6 is 0 Å². The van der Waals surface area contributed by atoms with Gasteiger partial charge in [-0.3, -0.25) is 0 Å². The van der Waals surface area contributed by atoms with Crippen molar-refractivity contribution in [1.82, 2.24) is 9.97 Å². The second-order valence-corrected chi connectivity index (χ2v) is 5.46. The number of anilines is 2. The highest BCUT2D eigenvalue weighted by atomic mass is 15.1. The summed E-state index contributed by atoms with van der Waals surface area (Å²) in [6.07, 6.45) is 7.29. The predicted molar refractivity (Wildman–Crippen MR) is 87.5 cm³/mol. The van der Waals surface area contributed by atoms with E-state index < -0.39 is 0 Å². The zero-order valence-electron chi connectivity index (χ0n) is 13.7. The van der Waals surface area contributed by atoms with Crippen LogP contribution in [0.4, 0.5) is 11.6 Å². The number of unbranched alkanes of at least 4 members (excludes halogenated alkanes) is 3. The lowest BCUT2D eigenvalue weighted by molar-refractivity contribution is 0.592. The molecule has 0 aliphatic rings. The van der Waals surface area contributed by atoms with Crippen LogP contribution in [0.3, 0.4) is 0 Å². The van der Waals surface area contributed by atoms with E-state index in [9.17, 15) is 0 Å². The van der Waals surface area contributed by atoms with Crippen molar-refractivity contribution in [3.05, 3.63) is 11.4 Å². The number of hydrogen-bond acceptors (Lipinski definition) is 4. The van der Waals surface area contributed by atoms with Gasteiger partial charge in [-0.2, -0.15) is 0 Å². The Morgan fingerprint density at radius 3 is 2.35 bits per heavy atom. The van der Waals surface area contributed by atoms with Gasteiger partial charge in [0.05, 0.1) is 0 Å². The van der Waals surface area contributed by atoms with Crippen LogP contribution in [0.5, 0.6) is 0 Å². The number of rotatable bonds is 9. The first kappa shape index (κ1) is 16.7. The number of aromatic nitrogens is 2. The molecule has 114 valence electrons. The average molecular weight is 278 g/mol. The van der Waals surface area contributed by atoms with Crippen LogP contribution in [-0.2, 0) is 6.42 Å². The Bertz CT molecular complexity index is 404. The fraction of sp³-hybridized carbons (Fsp3) is 0.750. The average Bonchev–Trinajstić information content (AvgIpc) is 2.45. The summed E-state index contributed by atoms with van der Waals surface area (Å²) < 4.78 is 0. The molecular weight excluding hydrogens is 248 g/mol. The van der Waals surface area contributed by atoms with Gasteiger partial charge in [-0.05, 0) is 20.3 Å². The van der Waals surface area contributed by atoms with Crippen molar-refractivity contribution in [2.45, 2.75) is 72.3 Å². The number of hydrogen-bond donors (Lipinski definition) is 2. The third kappa shape index (κ3) is 4.99. The van der Waals surface area contributed by atoms with Crippen molar-refractivity contribution in [1.29, 1.82) is 0 Å². The summed E-state index contributed by atoms with van der Waals surface area (Å²) in [5, 5.41) is 6.70. The maximum absolute atomic E-state index is 4.62. The molecule has 0 radical (unpaired) electrons. The molecule has 0 amide bonds. The molecule has 1 aromatic rings. The van der Waals surface area contributed by atoms with Gasteiger partial charge in [-0.25, -0.2) is 9.97 Å². The predicted octanol–water partition coefficient (Wildman–Crippen LogP) is 4.16. The zero-order valence-corrected chi connectivity index (χ0v) is 13.7. The minimum absolute atomic E-state index is 0.454. The molecular formula is C16H30N4. The molecule has 1 unspecified atom stereocenters.